The van der Waals surface area contributed by atoms with Crippen LogP contribution in [0.5, 0.6) is 0 Å². The predicted molar refractivity (Wildman–Crippen MR) is 56.3 cm³/mol. The number of rotatable bonds is 3. The van der Waals surface area contributed by atoms with E-state index in [2.05, 4.69) is 23.2 Å². The van der Waals surface area contributed by atoms with Crippen LogP contribution in [0, 0.1) is 6.92 Å². The Labute approximate surface area is 79.5 Å². The van der Waals surface area contributed by atoms with E-state index in [-0.39, 0.29) is 6.04 Å². The molecule has 2 heteroatoms. The van der Waals surface area contributed by atoms with Crippen LogP contribution in [-0.2, 0) is 0 Å². The second kappa shape index (κ2) is 4.77. The zero-order valence-corrected chi connectivity index (χ0v) is 8.20. The number of aromatic nitrogens is 1. The van der Waals surface area contributed by atoms with E-state index in [1.54, 1.807) is 0 Å². The highest BCUT2D eigenvalue weighted by atomic mass is 14.6. The van der Waals surface area contributed by atoms with E-state index in [1.807, 2.05) is 26.1 Å². The molecular weight excluding hydrogens is 160 g/mol. The largest absolute Gasteiger partial charge is 0.328 e. The summed E-state index contributed by atoms with van der Waals surface area (Å²) in [6.07, 6.45) is 6.91. The van der Waals surface area contributed by atoms with Gasteiger partial charge in [-0.1, -0.05) is 18.2 Å². The van der Waals surface area contributed by atoms with Gasteiger partial charge in [0.15, 0.2) is 0 Å². The molecule has 0 saturated carbocycles. The van der Waals surface area contributed by atoms with Gasteiger partial charge in [0, 0.05) is 17.9 Å². The van der Waals surface area contributed by atoms with E-state index in [4.69, 9.17) is 5.73 Å². The van der Waals surface area contributed by atoms with Crippen LogP contribution in [0.1, 0.15) is 24.6 Å². The van der Waals surface area contributed by atoms with Crippen molar-refractivity contribution in [1.29, 1.82) is 0 Å². The molecule has 1 aromatic heterocycles. The summed E-state index contributed by atoms with van der Waals surface area (Å²) >= 11 is 0. The summed E-state index contributed by atoms with van der Waals surface area (Å²) in [5.41, 5.74) is 7.79. The highest BCUT2D eigenvalue weighted by Crippen LogP contribution is 2.02. The van der Waals surface area contributed by atoms with Gasteiger partial charge in [0.25, 0.3) is 0 Å². The fourth-order valence-electron chi connectivity index (χ4n) is 0.997. The van der Waals surface area contributed by atoms with Crippen molar-refractivity contribution in [2.75, 3.05) is 0 Å². The average molecular weight is 176 g/mol. The van der Waals surface area contributed by atoms with E-state index in [9.17, 15) is 0 Å². The molecule has 0 amide bonds. The number of aryl methyl sites for hydroxylation is 1. The van der Waals surface area contributed by atoms with Crippen LogP contribution in [-0.4, -0.2) is 11.0 Å². The summed E-state index contributed by atoms with van der Waals surface area (Å²) in [6.45, 7) is 3.98. The summed E-state index contributed by atoms with van der Waals surface area (Å²) < 4.78 is 0. The van der Waals surface area contributed by atoms with Gasteiger partial charge in [-0.2, -0.15) is 0 Å². The van der Waals surface area contributed by atoms with Gasteiger partial charge in [0.2, 0.25) is 0 Å². The molecule has 1 unspecified atom stereocenters. The SMILES string of the molecule is Cc1ccc(C=CCC(C)N)cn1. The zero-order valence-electron chi connectivity index (χ0n) is 8.20. The third-order valence-electron chi connectivity index (χ3n) is 1.75. The Morgan fingerprint density at radius 3 is 2.85 bits per heavy atom. The average Bonchev–Trinajstić information content (AvgIpc) is 2.08. The maximum Gasteiger partial charge on any atom is 0.0373 e. The van der Waals surface area contributed by atoms with Crippen molar-refractivity contribution < 1.29 is 0 Å². The summed E-state index contributed by atoms with van der Waals surface area (Å²) in [5, 5.41) is 0. The van der Waals surface area contributed by atoms with Gasteiger partial charge in [-0.15, -0.1) is 0 Å². The highest BCUT2D eigenvalue weighted by Gasteiger charge is 1.89. The van der Waals surface area contributed by atoms with Crippen molar-refractivity contribution in [3.63, 3.8) is 0 Å². The monoisotopic (exact) mass is 176 g/mol. The lowest BCUT2D eigenvalue weighted by Gasteiger charge is -1.97. The van der Waals surface area contributed by atoms with Gasteiger partial charge in [0.05, 0.1) is 0 Å². The molecule has 0 aliphatic carbocycles. The fraction of sp³-hybridized carbons (Fsp3) is 0.364. The number of hydrogen-bond donors (Lipinski definition) is 1. The Bertz CT molecular complexity index is 273. The van der Waals surface area contributed by atoms with Crippen molar-refractivity contribution in [2.45, 2.75) is 26.3 Å². The molecule has 1 atom stereocenters. The van der Waals surface area contributed by atoms with E-state index in [0.29, 0.717) is 0 Å². The van der Waals surface area contributed by atoms with Crippen LogP contribution in [0.15, 0.2) is 24.4 Å². The smallest absolute Gasteiger partial charge is 0.0373 e. The Balaban J connectivity index is 2.54. The lowest BCUT2D eigenvalue weighted by molar-refractivity contribution is 0.759. The standard InChI is InChI=1S/C11H16N2/c1-9(12)4-3-5-11-7-6-10(2)13-8-11/h3,5-9H,4,12H2,1-2H3. The number of pyridine rings is 1. The lowest BCUT2D eigenvalue weighted by atomic mass is 10.2. The van der Waals surface area contributed by atoms with Gasteiger partial charge >= 0.3 is 0 Å². The van der Waals surface area contributed by atoms with Gasteiger partial charge in [-0.05, 0) is 31.9 Å². The van der Waals surface area contributed by atoms with E-state index >= 15 is 0 Å². The van der Waals surface area contributed by atoms with Gasteiger partial charge in [0.1, 0.15) is 0 Å². The Hall–Kier alpha value is -1.15. The molecule has 0 fully saturated rings. The molecule has 1 heterocycles. The van der Waals surface area contributed by atoms with Crippen LogP contribution in [0.3, 0.4) is 0 Å². The fourth-order valence-corrected chi connectivity index (χ4v) is 0.997. The third-order valence-corrected chi connectivity index (χ3v) is 1.75. The molecule has 2 nitrogen and oxygen atoms in total. The van der Waals surface area contributed by atoms with Crippen LogP contribution < -0.4 is 5.73 Å². The summed E-state index contributed by atoms with van der Waals surface area (Å²) in [6, 6.07) is 4.29. The molecule has 0 aliphatic heterocycles. The molecule has 0 saturated heterocycles. The lowest BCUT2D eigenvalue weighted by Crippen LogP contribution is -2.12. The van der Waals surface area contributed by atoms with Crippen molar-refractivity contribution in [3.8, 4) is 0 Å². The Morgan fingerprint density at radius 1 is 1.54 bits per heavy atom. The molecule has 0 aromatic carbocycles. The van der Waals surface area contributed by atoms with Crippen molar-refractivity contribution >= 4 is 6.08 Å². The first kappa shape index (κ1) is 9.93. The van der Waals surface area contributed by atoms with Crippen LogP contribution >= 0.6 is 0 Å². The summed E-state index contributed by atoms with van der Waals surface area (Å²) in [4.78, 5) is 4.19. The minimum atomic E-state index is 0.231. The molecule has 2 N–H and O–H groups in total. The molecule has 1 aromatic rings. The quantitative estimate of drug-likeness (QED) is 0.766. The Morgan fingerprint density at radius 2 is 2.31 bits per heavy atom. The topological polar surface area (TPSA) is 38.9 Å². The first-order valence-corrected chi connectivity index (χ1v) is 4.53. The van der Waals surface area contributed by atoms with Crippen LogP contribution in [0.2, 0.25) is 0 Å². The molecule has 0 spiro atoms. The maximum absolute atomic E-state index is 5.61. The molecule has 0 radical (unpaired) electrons. The molecule has 0 bridgehead atoms. The molecule has 13 heavy (non-hydrogen) atoms. The molecule has 0 aliphatic rings. The third kappa shape index (κ3) is 3.85. The maximum atomic E-state index is 5.61. The number of nitrogens with zero attached hydrogens (tertiary/aromatic N) is 1. The van der Waals surface area contributed by atoms with E-state index in [1.165, 1.54) is 0 Å². The van der Waals surface area contributed by atoms with Crippen LogP contribution in [0.4, 0.5) is 0 Å². The summed E-state index contributed by atoms with van der Waals surface area (Å²) in [7, 11) is 0. The molecular formula is C11H16N2. The van der Waals surface area contributed by atoms with Crippen LogP contribution in [0.25, 0.3) is 6.08 Å². The zero-order chi connectivity index (χ0) is 9.68. The second-order valence-electron chi connectivity index (χ2n) is 3.35. The minimum absolute atomic E-state index is 0.231. The summed E-state index contributed by atoms with van der Waals surface area (Å²) in [5.74, 6) is 0. The predicted octanol–water partition coefficient (Wildman–Crippen LogP) is 2.14. The van der Waals surface area contributed by atoms with Gasteiger partial charge in [-0.25, -0.2) is 0 Å². The minimum Gasteiger partial charge on any atom is -0.328 e. The normalized spacial score (nSPS) is 13.5. The van der Waals surface area contributed by atoms with E-state index < -0.39 is 0 Å². The van der Waals surface area contributed by atoms with Crippen molar-refractivity contribution in [1.82, 2.24) is 4.98 Å². The van der Waals surface area contributed by atoms with Crippen molar-refractivity contribution in [3.05, 3.63) is 35.7 Å². The highest BCUT2D eigenvalue weighted by molar-refractivity contribution is 5.47. The Kier molecular flexibility index (Phi) is 3.65. The van der Waals surface area contributed by atoms with Crippen molar-refractivity contribution in [2.24, 2.45) is 5.73 Å². The first-order valence-electron chi connectivity index (χ1n) is 4.53. The molecule has 70 valence electrons. The second-order valence-corrected chi connectivity index (χ2v) is 3.35. The number of nitrogens with two attached hydrogens (primary N) is 1. The van der Waals surface area contributed by atoms with Gasteiger partial charge < -0.3 is 5.73 Å². The van der Waals surface area contributed by atoms with E-state index in [0.717, 1.165) is 17.7 Å². The first-order chi connectivity index (χ1) is 6.18. The number of hydrogen-bond acceptors (Lipinski definition) is 2. The van der Waals surface area contributed by atoms with Gasteiger partial charge in [-0.3, -0.25) is 4.98 Å². The molecule has 1 rings (SSSR count).